The summed E-state index contributed by atoms with van der Waals surface area (Å²) in [6.45, 7) is 6.90. The molecule has 0 saturated carbocycles. The number of thioether (sulfide) groups is 1. The maximum absolute atomic E-state index is 5.61. The maximum Gasteiger partial charge on any atom is 0.226 e. The third-order valence-corrected chi connectivity index (χ3v) is 4.30. The normalized spacial score (nSPS) is 11.0. The number of hydrogen-bond acceptors (Lipinski definition) is 6. The Balaban J connectivity index is 1.74. The second kappa shape index (κ2) is 6.31. The number of aryl methyl sites for hydroxylation is 3. The first-order valence-electron chi connectivity index (χ1n) is 7.08. The summed E-state index contributed by atoms with van der Waals surface area (Å²) in [7, 11) is 0. The fourth-order valence-electron chi connectivity index (χ4n) is 2.19. The standard InChI is InChI=1S/C15H17N5OS/c1-4-20-15(17-18-19-20)22-9-12-8-21-14(16-12)13-6-5-10(2)7-11(13)3/h5-8H,4,9H2,1-3H3. The fourth-order valence-corrected chi connectivity index (χ4v) is 3.01. The first-order chi connectivity index (χ1) is 10.7. The Morgan fingerprint density at radius 1 is 1.27 bits per heavy atom. The third kappa shape index (κ3) is 3.04. The van der Waals surface area contributed by atoms with Gasteiger partial charge in [0.15, 0.2) is 0 Å². The van der Waals surface area contributed by atoms with Gasteiger partial charge in [-0.3, -0.25) is 0 Å². The van der Waals surface area contributed by atoms with Crippen LogP contribution >= 0.6 is 11.8 Å². The van der Waals surface area contributed by atoms with Crippen LogP contribution in [0.1, 0.15) is 23.7 Å². The Kier molecular flexibility index (Phi) is 4.24. The van der Waals surface area contributed by atoms with Crippen molar-refractivity contribution < 1.29 is 4.42 Å². The van der Waals surface area contributed by atoms with Crippen molar-refractivity contribution in [1.29, 1.82) is 0 Å². The van der Waals surface area contributed by atoms with Crippen LogP contribution in [0.4, 0.5) is 0 Å². The highest BCUT2D eigenvalue weighted by atomic mass is 32.2. The minimum atomic E-state index is 0.656. The Bertz CT molecular complexity index is 780. The zero-order chi connectivity index (χ0) is 15.5. The monoisotopic (exact) mass is 315 g/mol. The highest BCUT2D eigenvalue weighted by molar-refractivity contribution is 7.98. The lowest BCUT2D eigenvalue weighted by Crippen LogP contribution is -1.98. The van der Waals surface area contributed by atoms with Gasteiger partial charge < -0.3 is 4.42 Å². The zero-order valence-electron chi connectivity index (χ0n) is 12.8. The Hall–Kier alpha value is -2.15. The molecule has 114 valence electrons. The van der Waals surface area contributed by atoms with E-state index < -0.39 is 0 Å². The number of rotatable bonds is 5. The van der Waals surface area contributed by atoms with E-state index in [1.807, 2.05) is 13.0 Å². The molecule has 0 amide bonds. The molecule has 0 radical (unpaired) electrons. The van der Waals surface area contributed by atoms with Crippen molar-refractivity contribution in [2.45, 2.75) is 38.2 Å². The second-order valence-electron chi connectivity index (χ2n) is 5.03. The third-order valence-electron chi connectivity index (χ3n) is 3.31. The van der Waals surface area contributed by atoms with Crippen LogP contribution in [0.5, 0.6) is 0 Å². The molecule has 2 heterocycles. The van der Waals surface area contributed by atoms with Gasteiger partial charge in [0.25, 0.3) is 0 Å². The van der Waals surface area contributed by atoms with E-state index in [1.54, 1.807) is 22.7 Å². The molecule has 0 fully saturated rings. The van der Waals surface area contributed by atoms with Gasteiger partial charge >= 0.3 is 0 Å². The molecule has 0 unspecified atom stereocenters. The molecule has 1 aromatic carbocycles. The fraction of sp³-hybridized carbons (Fsp3) is 0.333. The molecule has 3 rings (SSSR count). The van der Waals surface area contributed by atoms with Crippen molar-refractivity contribution in [3.05, 3.63) is 41.3 Å². The van der Waals surface area contributed by atoms with Crippen LogP contribution in [0, 0.1) is 13.8 Å². The number of oxazole rings is 1. The van der Waals surface area contributed by atoms with Crippen LogP contribution in [-0.2, 0) is 12.3 Å². The summed E-state index contributed by atoms with van der Waals surface area (Å²) < 4.78 is 7.37. The lowest BCUT2D eigenvalue weighted by molar-refractivity contribution is 0.572. The molecular formula is C15H17N5OS. The van der Waals surface area contributed by atoms with Gasteiger partial charge in [0.2, 0.25) is 11.0 Å². The molecule has 7 heteroatoms. The van der Waals surface area contributed by atoms with Crippen molar-refractivity contribution in [2.24, 2.45) is 0 Å². The topological polar surface area (TPSA) is 69.6 Å². The van der Waals surface area contributed by atoms with Crippen molar-refractivity contribution in [1.82, 2.24) is 25.2 Å². The van der Waals surface area contributed by atoms with Crippen LogP contribution in [0.15, 0.2) is 34.0 Å². The molecule has 0 N–H and O–H groups in total. The highest BCUT2D eigenvalue weighted by Gasteiger charge is 2.11. The average molecular weight is 315 g/mol. The molecular weight excluding hydrogens is 298 g/mol. The van der Waals surface area contributed by atoms with E-state index in [-0.39, 0.29) is 0 Å². The van der Waals surface area contributed by atoms with Gasteiger partial charge in [0, 0.05) is 17.9 Å². The lowest BCUT2D eigenvalue weighted by atomic mass is 10.1. The zero-order valence-corrected chi connectivity index (χ0v) is 13.6. The van der Waals surface area contributed by atoms with Crippen molar-refractivity contribution in [3.63, 3.8) is 0 Å². The molecule has 6 nitrogen and oxygen atoms in total. The predicted molar refractivity (Wildman–Crippen MR) is 84.5 cm³/mol. The summed E-state index contributed by atoms with van der Waals surface area (Å²) >= 11 is 1.55. The average Bonchev–Trinajstić information content (AvgIpc) is 3.13. The number of hydrogen-bond donors (Lipinski definition) is 0. The van der Waals surface area contributed by atoms with E-state index in [1.165, 1.54) is 5.56 Å². The lowest BCUT2D eigenvalue weighted by Gasteiger charge is -2.02. The van der Waals surface area contributed by atoms with Crippen LogP contribution in [0.25, 0.3) is 11.5 Å². The van der Waals surface area contributed by atoms with Crippen LogP contribution < -0.4 is 0 Å². The largest absolute Gasteiger partial charge is 0.444 e. The SMILES string of the molecule is CCn1nnnc1SCc1coc(-c2ccc(C)cc2C)n1. The molecule has 0 spiro atoms. The highest BCUT2D eigenvalue weighted by Crippen LogP contribution is 2.26. The summed E-state index contributed by atoms with van der Waals surface area (Å²) in [4.78, 5) is 4.56. The molecule has 0 aliphatic rings. The Morgan fingerprint density at radius 2 is 2.14 bits per heavy atom. The van der Waals surface area contributed by atoms with Gasteiger partial charge in [-0.2, -0.15) is 0 Å². The molecule has 0 saturated heterocycles. The van der Waals surface area contributed by atoms with Crippen LogP contribution in [-0.4, -0.2) is 25.2 Å². The minimum Gasteiger partial charge on any atom is -0.444 e. The van der Waals surface area contributed by atoms with Gasteiger partial charge in [-0.05, 0) is 42.8 Å². The predicted octanol–water partition coefficient (Wildman–Crippen LogP) is 3.26. The van der Waals surface area contributed by atoms with E-state index in [0.717, 1.165) is 28.5 Å². The van der Waals surface area contributed by atoms with Crippen LogP contribution in [0.2, 0.25) is 0 Å². The maximum atomic E-state index is 5.61. The Morgan fingerprint density at radius 3 is 2.91 bits per heavy atom. The summed E-state index contributed by atoms with van der Waals surface area (Å²) in [5.41, 5.74) is 4.30. The van der Waals surface area contributed by atoms with Gasteiger partial charge in [-0.25, -0.2) is 9.67 Å². The number of aromatic nitrogens is 5. The molecule has 0 aliphatic heterocycles. The second-order valence-corrected chi connectivity index (χ2v) is 5.97. The van der Waals surface area contributed by atoms with Gasteiger partial charge in [0.1, 0.15) is 6.26 Å². The van der Waals surface area contributed by atoms with E-state index in [0.29, 0.717) is 11.6 Å². The van der Waals surface area contributed by atoms with E-state index in [9.17, 15) is 0 Å². The first kappa shape index (κ1) is 14.8. The summed E-state index contributed by atoms with van der Waals surface area (Å²) in [5.74, 6) is 1.33. The van der Waals surface area contributed by atoms with Crippen LogP contribution in [0.3, 0.4) is 0 Å². The summed E-state index contributed by atoms with van der Waals surface area (Å²) in [6, 6.07) is 6.24. The van der Waals surface area contributed by atoms with E-state index in [4.69, 9.17) is 4.42 Å². The number of benzene rings is 1. The Labute approximate surface area is 132 Å². The van der Waals surface area contributed by atoms with E-state index >= 15 is 0 Å². The summed E-state index contributed by atoms with van der Waals surface area (Å²) in [6.07, 6.45) is 1.70. The first-order valence-corrected chi connectivity index (χ1v) is 8.07. The van der Waals surface area contributed by atoms with Crippen molar-refractivity contribution in [3.8, 4) is 11.5 Å². The minimum absolute atomic E-state index is 0.656. The van der Waals surface area contributed by atoms with Crippen molar-refractivity contribution >= 4 is 11.8 Å². The molecule has 0 bridgehead atoms. The molecule has 3 aromatic rings. The van der Waals surface area contributed by atoms with Gasteiger partial charge in [-0.1, -0.05) is 29.5 Å². The van der Waals surface area contributed by atoms with Crippen molar-refractivity contribution in [2.75, 3.05) is 0 Å². The smallest absolute Gasteiger partial charge is 0.226 e. The quantitative estimate of drug-likeness (QED) is 0.673. The summed E-state index contributed by atoms with van der Waals surface area (Å²) in [5, 5.41) is 12.4. The molecule has 2 aromatic heterocycles. The number of nitrogens with zero attached hydrogens (tertiary/aromatic N) is 5. The molecule has 0 aliphatic carbocycles. The number of tetrazole rings is 1. The van der Waals surface area contributed by atoms with Gasteiger partial charge in [-0.15, -0.1) is 5.10 Å². The molecule has 0 atom stereocenters. The van der Waals surface area contributed by atoms with E-state index in [2.05, 4.69) is 46.5 Å². The van der Waals surface area contributed by atoms with Gasteiger partial charge in [0.05, 0.1) is 5.69 Å². The molecule has 22 heavy (non-hydrogen) atoms.